The predicted molar refractivity (Wildman–Crippen MR) is 57.9 cm³/mol. The molecule has 0 atom stereocenters. The number of nitrogen functional groups attached to an aromatic ring is 1. The first-order chi connectivity index (χ1) is 7.08. The SMILES string of the molecule is Cc1cc(C)cc(-c2[nH]nc(N)c2F)c1. The van der Waals surface area contributed by atoms with E-state index in [1.165, 1.54) is 0 Å². The highest BCUT2D eigenvalue weighted by Crippen LogP contribution is 2.25. The number of rotatable bonds is 1. The number of nitrogens with two attached hydrogens (primary N) is 1. The van der Waals surface area contributed by atoms with Gasteiger partial charge in [0.05, 0.1) is 0 Å². The second-order valence-corrected chi connectivity index (χ2v) is 3.67. The third kappa shape index (κ3) is 1.70. The van der Waals surface area contributed by atoms with Crippen LogP contribution in [0.5, 0.6) is 0 Å². The average molecular weight is 205 g/mol. The van der Waals surface area contributed by atoms with Crippen molar-refractivity contribution in [2.45, 2.75) is 13.8 Å². The quantitative estimate of drug-likeness (QED) is 0.751. The molecule has 0 saturated heterocycles. The van der Waals surface area contributed by atoms with Gasteiger partial charge in [-0.2, -0.15) is 5.10 Å². The number of aromatic amines is 1. The summed E-state index contributed by atoms with van der Waals surface area (Å²) in [7, 11) is 0. The van der Waals surface area contributed by atoms with Gasteiger partial charge in [-0.1, -0.05) is 17.2 Å². The minimum atomic E-state index is -0.486. The van der Waals surface area contributed by atoms with Crippen LogP contribution in [0.25, 0.3) is 11.3 Å². The highest BCUT2D eigenvalue weighted by Gasteiger charge is 2.12. The fourth-order valence-corrected chi connectivity index (χ4v) is 1.65. The Morgan fingerprint density at radius 3 is 2.27 bits per heavy atom. The van der Waals surface area contributed by atoms with Crippen LogP contribution in [0.3, 0.4) is 0 Å². The van der Waals surface area contributed by atoms with Gasteiger partial charge in [-0.25, -0.2) is 4.39 Å². The van der Waals surface area contributed by atoms with Gasteiger partial charge in [0.25, 0.3) is 0 Å². The van der Waals surface area contributed by atoms with Crippen molar-refractivity contribution in [2.24, 2.45) is 0 Å². The summed E-state index contributed by atoms with van der Waals surface area (Å²) in [5.74, 6) is -0.579. The molecule has 1 heterocycles. The summed E-state index contributed by atoms with van der Waals surface area (Å²) in [6.45, 7) is 3.93. The lowest BCUT2D eigenvalue weighted by Gasteiger charge is -2.02. The molecule has 3 N–H and O–H groups in total. The molecule has 2 aromatic rings. The van der Waals surface area contributed by atoms with Crippen molar-refractivity contribution in [2.75, 3.05) is 5.73 Å². The molecule has 2 rings (SSSR count). The Kier molecular flexibility index (Phi) is 2.19. The molecule has 3 nitrogen and oxygen atoms in total. The van der Waals surface area contributed by atoms with Crippen molar-refractivity contribution in [3.8, 4) is 11.3 Å². The van der Waals surface area contributed by atoms with Crippen LogP contribution >= 0.6 is 0 Å². The number of nitrogens with one attached hydrogen (secondary N) is 1. The second kappa shape index (κ2) is 3.38. The lowest BCUT2D eigenvalue weighted by molar-refractivity contribution is 0.636. The summed E-state index contributed by atoms with van der Waals surface area (Å²) in [6, 6.07) is 5.81. The maximum atomic E-state index is 13.5. The highest BCUT2D eigenvalue weighted by molar-refractivity contribution is 5.64. The Morgan fingerprint density at radius 1 is 1.20 bits per heavy atom. The summed E-state index contributed by atoms with van der Waals surface area (Å²) in [6.07, 6.45) is 0. The number of nitrogens with zero attached hydrogens (tertiary/aromatic N) is 1. The number of aromatic nitrogens is 2. The van der Waals surface area contributed by atoms with Gasteiger partial charge in [-0.3, -0.25) is 5.10 Å². The number of aryl methyl sites for hydroxylation is 2. The van der Waals surface area contributed by atoms with Gasteiger partial charge in [-0.15, -0.1) is 0 Å². The molecule has 0 radical (unpaired) electrons. The number of anilines is 1. The molecule has 4 heteroatoms. The molecule has 0 aliphatic carbocycles. The average Bonchev–Trinajstić information content (AvgIpc) is 2.46. The van der Waals surface area contributed by atoms with Crippen LogP contribution in [0, 0.1) is 19.7 Å². The molecular weight excluding hydrogens is 193 g/mol. The molecule has 0 bridgehead atoms. The largest absolute Gasteiger partial charge is 0.380 e. The molecule has 0 amide bonds. The highest BCUT2D eigenvalue weighted by atomic mass is 19.1. The molecular formula is C11H12FN3. The van der Waals surface area contributed by atoms with Crippen molar-refractivity contribution < 1.29 is 4.39 Å². The lowest BCUT2D eigenvalue weighted by Crippen LogP contribution is -1.88. The van der Waals surface area contributed by atoms with E-state index in [9.17, 15) is 4.39 Å². The van der Waals surface area contributed by atoms with E-state index in [4.69, 9.17) is 5.73 Å². The van der Waals surface area contributed by atoms with Gasteiger partial charge < -0.3 is 5.73 Å². The molecule has 15 heavy (non-hydrogen) atoms. The molecule has 0 fully saturated rings. The third-order valence-electron chi connectivity index (χ3n) is 2.24. The Bertz CT molecular complexity index is 482. The zero-order chi connectivity index (χ0) is 11.0. The zero-order valence-corrected chi connectivity index (χ0v) is 8.63. The molecule has 0 saturated carbocycles. The van der Waals surface area contributed by atoms with E-state index in [1.807, 2.05) is 32.0 Å². The summed E-state index contributed by atoms with van der Waals surface area (Å²) in [4.78, 5) is 0. The van der Waals surface area contributed by atoms with Crippen LogP contribution in [0.2, 0.25) is 0 Å². The third-order valence-corrected chi connectivity index (χ3v) is 2.24. The smallest absolute Gasteiger partial charge is 0.192 e. The second-order valence-electron chi connectivity index (χ2n) is 3.67. The van der Waals surface area contributed by atoms with Crippen LogP contribution in [-0.4, -0.2) is 10.2 Å². The monoisotopic (exact) mass is 205 g/mol. The number of halogens is 1. The van der Waals surface area contributed by atoms with Crippen molar-refractivity contribution in [1.29, 1.82) is 0 Å². The molecule has 0 unspecified atom stereocenters. The first-order valence-corrected chi connectivity index (χ1v) is 4.66. The van der Waals surface area contributed by atoms with Gasteiger partial charge >= 0.3 is 0 Å². The minimum Gasteiger partial charge on any atom is -0.380 e. The number of benzene rings is 1. The van der Waals surface area contributed by atoms with E-state index in [2.05, 4.69) is 10.2 Å². The number of hydrogen-bond acceptors (Lipinski definition) is 2. The fraction of sp³-hybridized carbons (Fsp3) is 0.182. The topological polar surface area (TPSA) is 54.7 Å². The standard InChI is InChI=1S/C11H12FN3/c1-6-3-7(2)5-8(4-6)10-9(12)11(13)15-14-10/h3-5H,1-2H3,(H3,13,14,15). The van der Waals surface area contributed by atoms with Gasteiger partial charge in [0.2, 0.25) is 0 Å². The van der Waals surface area contributed by atoms with E-state index >= 15 is 0 Å². The van der Waals surface area contributed by atoms with Crippen LogP contribution in [0.15, 0.2) is 18.2 Å². The number of hydrogen-bond donors (Lipinski definition) is 2. The van der Waals surface area contributed by atoms with Crippen LogP contribution in [-0.2, 0) is 0 Å². The van der Waals surface area contributed by atoms with Crippen molar-refractivity contribution in [3.05, 3.63) is 35.1 Å². The molecule has 0 spiro atoms. The Balaban J connectivity index is 2.58. The van der Waals surface area contributed by atoms with Gasteiger partial charge in [0, 0.05) is 5.56 Å². The lowest BCUT2D eigenvalue weighted by atomic mass is 10.1. The summed E-state index contributed by atoms with van der Waals surface area (Å²) in [5, 5.41) is 6.22. The summed E-state index contributed by atoms with van der Waals surface area (Å²) >= 11 is 0. The first kappa shape index (κ1) is 9.71. The summed E-state index contributed by atoms with van der Waals surface area (Å²) in [5.41, 5.74) is 8.62. The van der Waals surface area contributed by atoms with E-state index in [0.717, 1.165) is 16.7 Å². The molecule has 0 aliphatic heterocycles. The minimum absolute atomic E-state index is 0.0934. The van der Waals surface area contributed by atoms with Crippen molar-refractivity contribution in [3.63, 3.8) is 0 Å². The van der Waals surface area contributed by atoms with Crippen LogP contribution in [0.1, 0.15) is 11.1 Å². The normalized spacial score (nSPS) is 10.6. The fourth-order valence-electron chi connectivity index (χ4n) is 1.65. The maximum Gasteiger partial charge on any atom is 0.192 e. The van der Waals surface area contributed by atoms with E-state index < -0.39 is 5.82 Å². The van der Waals surface area contributed by atoms with Crippen LogP contribution in [0.4, 0.5) is 10.2 Å². The Hall–Kier alpha value is -1.84. The van der Waals surface area contributed by atoms with Crippen LogP contribution < -0.4 is 5.73 Å². The number of H-pyrrole nitrogens is 1. The predicted octanol–water partition coefficient (Wildman–Crippen LogP) is 2.41. The van der Waals surface area contributed by atoms with Gasteiger partial charge in [0.15, 0.2) is 11.6 Å². The van der Waals surface area contributed by atoms with E-state index in [1.54, 1.807) is 0 Å². The van der Waals surface area contributed by atoms with E-state index in [0.29, 0.717) is 5.69 Å². The Labute approximate surface area is 87.1 Å². The first-order valence-electron chi connectivity index (χ1n) is 4.66. The zero-order valence-electron chi connectivity index (χ0n) is 8.63. The molecule has 1 aromatic heterocycles. The molecule has 0 aliphatic rings. The molecule has 1 aromatic carbocycles. The van der Waals surface area contributed by atoms with Gasteiger partial charge in [-0.05, 0) is 26.0 Å². The van der Waals surface area contributed by atoms with Crippen molar-refractivity contribution >= 4 is 5.82 Å². The Morgan fingerprint density at radius 2 is 1.80 bits per heavy atom. The van der Waals surface area contributed by atoms with Gasteiger partial charge in [0.1, 0.15) is 5.69 Å². The molecule has 78 valence electrons. The van der Waals surface area contributed by atoms with E-state index in [-0.39, 0.29) is 5.82 Å². The maximum absolute atomic E-state index is 13.5. The summed E-state index contributed by atoms with van der Waals surface area (Å²) < 4.78 is 13.5. The van der Waals surface area contributed by atoms with Crippen molar-refractivity contribution in [1.82, 2.24) is 10.2 Å².